The van der Waals surface area contributed by atoms with Crippen LogP contribution in [0.25, 0.3) is 39.0 Å². The maximum absolute atomic E-state index is 6.76. The van der Waals surface area contributed by atoms with Crippen molar-refractivity contribution in [3.05, 3.63) is 246 Å². The fourth-order valence-corrected chi connectivity index (χ4v) is 9.68. The lowest BCUT2D eigenvalue weighted by Gasteiger charge is -2.32. The predicted octanol–water partition coefficient (Wildman–Crippen LogP) is 15.1. The summed E-state index contributed by atoms with van der Waals surface area (Å²) in [5.74, 6) is 2.36. The number of hydrogen-bond donors (Lipinski definition) is 0. The fraction of sp³-hybridized carbons (Fsp3) is 0.206. The van der Waals surface area contributed by atoms with Crippen LogP contribution in [0.1, 0.15) is 101 Å². The first-order valence-corrected chi connectivity index (χ1v) is 23.8. The highest BCUT2D eigenvalue weighted by molar-refractivity contribution is 6.09. The molecule has 3 heterocycles. The molecule has 0 spiro atoms. The average Bonchev–Trinajstić information content (AvgIpc) is 3.98. The Morgan fingerprint density at radius 3 is 1.59 bits per heavy atom. The molecule has 68 heavy (non-hydrogen) atoms. The number of benzene rings is 7. The van der Waals surface area contributed by atoms with Gasteiger partial charge in [-0.25, -0.2) is 4.98 Å². The van der Waals surface area contributed by atoms with Crippen molar-refractivity contribution in [2.24, 2.45) is 0 Å². The lowest BCUT2D eigenvalue weighted by molar-refractivity contribution is -0.599. The summed E-state index contributed by atoms with van der Waals surface area (Å²) in [7, 11) is 0. The molecule has 0 bridgehead atoms. The van der Waals surface area contributed by atoms with Crippen LogP contribution in [0.5, 0.6) is 11.5 Å². The van der Waals surface area contributed by atoms with Crippen LogP contribution in [0.3, 0.4) is 0 Å². The van der Waals surface area contributed by atoms with Crippen LogP contribution in [-0.2, 0) is 21.7 Å². The largest absolute Gasteiger partial charge is 0.458 e. The van der Waals surface area contributed by atoms with Gasteiger partial charge in [0.2, 0.25) is 0 Å². The van der Waals surface area contributed by atoms with Crippen LogP contribution in [0.2, 0.25) is 0 Å². The molecule has 10 rings (SSSR count). The molecule has 0 unspecified atom stereocenters. The molecule has 10 aromatic rings. The van der Waals surface area contributed by atoms with E-state index in [0.717, 1.165) is 45.1 Å². The Labute approximate surface area is 402 Å². The summed E-state index contributed by atoms with van der Waals surface area (Å²) in [6.07, 6.45) is 9.73. The smallest absolute Gasteiger partial charge is 0.268 e. The van der Waals surface area contributed by atoms with Gasteiger partial charge in [0.05, 0.1) is 22.4 Å². The van der Waals surface area contributed by atoms with Crippen molar-refractivity contribution in [1.29, 1.82) is 0 Å². The molecule has 0 N–H and O–H groups in total. The lowest BCUT2D eigenvalue weighted by atomic mass is 9.73. The molecule has 3 aromatic heterocycles. The summed E-state index contributed by atoms with van der Waals surface area (Å²) in [6, 6.07) is 65.3. The zero-order valence-corrected chi connectivity index (χ0v) is 40.7. The number of hydrogen-bond acceptors (Lipinski definition) is 2. The van der Waals surface area contributed by atoms with Gasteiger partial charge in [-0.05, 0) is 105 Å². The molecule has 7 aromatic carbocycles. The van der Waals surface area contributed by atoms with E-state index in [1.54, 1.807) is 0 Å². The molecule has 338 valence electrons. The normalized spacial score (nSPS) is 12.5. The quantitative estimate of drug-likeness (QED) is 0.0958. The van der Waals surface area contributed by atoms with Crippen molar-refractivity contribution in [3.63, 3.8) is 0 Å². The minimum Gasteiger partial charge on any atom is -0.458 e. The van der Waals surface area contributed by atoms with Crippen LogP contribution < -0.4 is 9.30 Å². The Balaban J connectivity index is 1.02. The highest BCUT2D eigenvalue weighted by atomic mass is 16.5. The highest BCUT2D eigenvalue weighted by Gasteiger charge is 2.30. The Kier molecular flexibility index (Phi) is 11.1. The maximum atomic E-state index is 6.76. The predicted molar refractivity (Wildman–Crippen MR) is 279 cm³/mol. The molecular weight excluding hydrogens is 829 g/mol. The lowest BCUT2D eigenvalue weighted by Crippen LogP contribution is -2.31. The average molecular weight is 889 g/mol. The Morgan fingerprint density at radius 2 is 1.00 bits per heavy atom. The van der Waals surface area contributed by atoms with Gasteiger partial charge < -0.3 is 4.74 Å². The first-order valence-electron chi connectivity index (χ1n) is 23.8. The summed E-state index contributed by atoms with van der Waals surface area (Å²) in [6.45, 7) is 20.6. The summed E-state index contributed by atoms with van der Waals surface area (Å²) in [5.41, 5.74) is 12.2. The van der Waals surface area contributed by atoms with E-state index in [0.29, 0.717) is 0 Å². The second-order valence-corrected chi connectivity index (χ2v) is 20.9. The van der Waals surface area contributed by atoms with E-state index < -0.39 is 0 Å². The van der Waals surface area contributed by atoms with E-state index in [1.807, 2.05) is 22.9 Å². The molecule has 0 aliphatic heterocycles. The van der Waals surface area contributed by atoms with Crippen molar-refractivity contribution >= 4 is 21.8 Å². The van der Waals surface area contributed by atoms with Gasteiger partial charge in [0.25, 0.3) is 6.33 Å². The van der Waals surface area contributed by atoms with Gasteiger partial charge in [0, 0.05) is 51.7 Å². The summed E-state index contributed by atoms with van der Waals surface area (Å²) in [5, 5.41) is 2.32. The molecule has 0 saturated heterocycles. The van der Waals surface area contributed by atoms with E-state index >= 15 is 0 Å². The van der Waals surface area contributed by atoms with Crippen molar-refractivity contribution in [2.45, 2.75) is 84.0 Å². The number of aromatic nitrogens is 4. The first kappa shape index (κ1) is 44.3. The molecule has 5 heteroatoms. The third-order valence-electron chi connectivity index (χ3n) is 14.3. The van der Waals surface area contributed by atoms with Crippen molar-refractivity contribution in [2.75, 3.05) is 0 Å². The molecule has 0 aliphatic carbocycles. The summed E-state index contributed by atoms with van der Waals surface area (Å²) < 4.78 is 13.2. The second-order valence-electron chi connectivity index (χ2n) is 20.9. The summed E-state index contributed by atoms with van der Waals surface area (Å²) >= 11 is 0. The monoisotopic (exact) mass is 888 g/mol. The number of pyridine rings is 1. The molecule has 0 aliphatic rings. The van der Waals surface area contributed by atoms with Crippen LogP contribution in [0.15, 0.2) is 201 Å². The van der Waals surface area contributed by atoms with Gasteiger partial charge >= 0.3 is 0 Å². The van der Waals surface area contributed by atoms with Crippen molar-refractivity contribution in [1.82, 2.24) is 14.1 Å². The van der Waals surface area contributed by atoms with Crippen LogP contribution in [-0.4, -0.2) is 14.1 Å². The van der Waals surface area contributed by atoms with Gasteiger partial charge in [-0.2, -0.15) is 0 Å². The van der Waals surface area contributed by atoms with Crippen molar-refractivity contribution in [3.8, 4) is 28.7 Å². The minimum atomic E-state index is -0.236. The van der Waals surface area contributed by atoms with Gasteiger partial charge in [-0.1, -0.05) is 178 Å². The van der Waals surface area contributed by atoms with E-state index in [4.69, 9.17) is 9.72 Å². The Morgan fingerprint density at radius 1 is 0.456 bits per heavy atom. The molecular formula is C63H60N4O. The highest BCUT2D eigenvalue weighted by Crippen LogP contribution is 2.41. The Hall–Kier alpha value is -7.50. The maximum Gasteiger partial charge on any atom is 0.268 e. The van der Waals surface area contributed by atoms with Gasteiger partial charge in [-0.3, -0.25) is 13.7 Å². The van der Waals surface area contributed by atoms with Crippen LogP contribution in [0.4, 0.5) is 0 Å². The van der Waals surface area contributed by atoms with E-state index in [-0.39, 0.29) is 21.7 Å². The molecule has 5 nitrogen and oxygen atoms in total. The third kappa shape index (κ3) is 8.21. The van der Waals surface area contributed by atoms with Gasteiger partial charge in [0.15, 0.2) is 0 Å². The molecule has 0 fully saturated rings. The van der Waals surface area contributed by atoms with Gasteiger partial charge in [-0.15, -0.1) is 0 Å². The number of ether oxygens (including phenoxy) is 1. The number of nitrogens with zero attached hydrogens (tertiary/aromatic N) is 4. The van der Waals surface area contributed by atoms with E-state index in [2.05, 4.69) is 260 Å². The minimum absolute atomic E-state index is 0.0435. The third-order valence-corrected chi connectivity index (χ3v) is 14.3. The van der Waals surface area contributed by atoms with Crippen LogP contribution >= 0.6 is 0 Å². The van der Waals surface area contributed by atoms with Gasteiger partial charge in [0.1, 0.15) is 17.3 Å². The zero-order valence-electron chi connectivity index (χ0n) is 40.7. The number of rotatable bonds is 11. The van der Waals surface area contributed by atoms with E-state index in [1.165, 1.54) is 44.3 Å². The molecule has 0 atom stereocenters. The topological polar surface area (TPSA) is 35.9 Å². The fourth-order valence-electron chi connectivity index (χ4n) is 9.68. The van der Waals surface area contributed by atoms with Crippen LogP contribution in [0, 0.1) is 6.33 Å². The van der Waals surface area contributed by atoms with Crippen molar-refractivity contribution < 1.29 is 9.30 Å². The standard InChI is InChI=1S/C63H60N4O/c1-60(2,3)47-32-33-64-59(40-47)67-57-39-48(61(4,5)44-20-13-10-14-21-44)28-30-55(57)56-31-29-54(42-58(56)67)68-53-27-19-26-51(41-53)65-34-35-66(43-65)52-37-49(62(6,7)45-22-15-11-16-23-45)36-50(38-52)63(8,9)46-24-17-12-18-25-46/h10-42H,1-9H3. The summed E-state index contributed by atoms with van der Waals surface area (Å²) in [4.78, 5) is 5.00. The SMILES string of the molecule is CC(C)(C)c1ccnc(-n2c3cc(Oc4cccc(-n5[c-][n+](-c6cc(C(C)(C)c7ccccc7)cc(C(C)(C)c7ccccc7)c6)cc5)c4)ccc3c3ccc(C(C)(C)c4ccccc4)cc32)c1. The zero-order chi connectivity index (χ0) is 47.4. The second kappa shape index (κ2) is 17.0. The Bertz CT molecular complexity index is 3350. The molecule has 0 amide bonds. The first-order chi connectivity index (χ1) is 32.6. The van der Waals surface area contributed by atoms with E-state index in [9.17, 15) is 0 Å². The molecule has 0 saturated carbocycles. The number of fused-ring (bicyclic) bond motifs is 3. The number of imidazole rings is 1. The molecule has 0 radical (unpaired) electrons.